The Labute approximate surface area is 71.1 Å². The summed E-state index contributed by atoms with van der Waals surface area (Å²) in [6.45, 7) is 0. The molecular formula is C6H13ClS2. The van der Waals surface area contributed by atoms with Crippen molar-refractivity contribution in [1.29, 1.82) is 0 Å². The van der Waals surface area contributed by atoms with Crippen LogP contribution in [0.3, 0.4) is 0 Å². The lowest BCUT2D eigenvalue weighted by molar-refractivity contribution is 1.12. The molecule has 3 heteroatoms. The van der Waals surface area contributed by atoms with Gasteiger partial charge in [-0.15, -0.1) is 11.6 Å². The summed E-state index contributed by atoms with van der Waals surface area (Å²) in [6.07, 6.45) is 3.29. The van der Waals surface area contributed by atoms with Gasteiger partial charge in [0.1, 0.15) is 0 Å². The largest absolute Gasteiger partial charge is 0.165 e. The summed E-state index contributed by atoms with van der Waals surface area (Å²) in [5.74, 6) is 4.58. The van der Waals surface area contributed by atoms with Gasteiger partial charge in [0.15, 0.2) is 0 Å². The van der Waals surface area contributed by atoms with Crippen LogP contribution in [0.25, 0.3) is 0 Å². The first kappa shape index (κ1) is 9.99. The quantitative estimate of drug-likeness (QED) is 0.460. The fraction of sp³-hybridized carbons (Fsp3) is 1.00. The Morgan fingerprint density at radius 3 is 2.56 bits per heavy atom. The number of thioether (sulfide) groups is 2. The molecule has 0 fully saturated rings. The molecule has 0 saturated heterocycles. The van der Waals surface area contributed by atoms with Gasteiger partial charge in [0.2, 0.25) is 0 Å². The van der Waals surface area contributed by atoms with Crippen LogP contribution < -0.4 is 0 Å². The number of hydrogen-bond acceptors (Lipinski definition) is 2. The average molecular weight is 185 g/mol. The highest BCUT2D eigenvalue weighted by atomic mass is 35.5. The second kappa shape index (κ2) is 8.99. The summed E-state index contributed by atoms with van der Waals surface area (Å²) in [5, 5.41) is 0. The molecule has 0 spiro atoms. The van der Waals surface area contributed by atoms with Crippen molar-refractivity contribution in [3.63, 3.8) is 0 Å². The molecule has 0 aliphatic rings. The Morgan fingerprint density at radius 1 is 1.22 bits per heavy atom. The van der Waals surface area contributed by atoms with E-state index in [1.807, 2.05) is 23.5 Å². The second-order valence-electron chi connectivity index (χ2n) is 1.65. The minimum atomic E-state index is 0.812. The maximum atomic E-state index is 5.50. The van der Waals surface area contributed by atoms with Crippen LogP contribution in [0, 0.1) is 0 Å². The van der Waals surface area contributed by atoms with E-state index in [0.717, 1.165) is 12.3 Å². The van der Waals surface area contributed by atoms with Gasteiger partial charge >= 0.3 is 0 Å². The van der Waals surface area contributed by atoms with Gasteiger partial charge < -0.3 is 0 Å². The molecule has 0 rings (SSSR count). The first-order valence-corrected chi connectivity index (χ1v) is 6.12. The normalized spacial score (nSPS) is 10.0. The average Bonchev–Trinajstić information content (AvgIpc) is 1.89. The third kappa shape index (κ3) is 8.99. The van der Waals surface area contributed by atoms with Gasteiger partial charge in [-0.1, -0.05) is 0 Å². The first-order valence-electron chi connectivity index (χ1n) is 3.04. The Bertz CT molecular complexity index is 44.3. The zero-order valence-electron chi connectivity index (χ0n) is 5.73. The van der Waals surface area contributed by atoms with Gasteiger partial charge in [0.25, 0.3) is 0 Å². The highest BCUT2D eigenvalue weighted by Gasteiger charge is 1.86. The molecule has 0 heterocycles. The van der Waals surface area contributed by atoms with E-state index in [9.17, 15) is 0 Å². The minimum Gasteiger partial charge on any atom is -0.165 e. The van der Waals surface area contributed by atoms with Crippen LogP contribution in [0.15, 0.2) is 0 Å². The molecule has 0 aliphatic carbocycles. The van der Waals surface area contributed by atoms with Crippen LogP contribution in [-0.2, 0) is 0 Å². The van der Waals surface area contributed by atoms with Crippen LogP contribution in [0.4, 0.5) is 0 Å². The number of hydrogen-bond donors (Lipinski definition) is 0. The summed E-state index contributed by atoms with van der Waals surface area (Å²) < 4.78 is 0. The topological polar surface area (TPSA) is 0 Å². The summed E-state index contributed by atoms with van der Waals surface area (Å²) >= 11 is 9.40. The molecule has 0 nitrogen and oxygen atoms in total. The van der Waals surface area contributed by atoms with Crippen molar-refractivity contribution in [2.45, 2.75) is 6.42 Å². The van der Waals surface area contributed by atoms with Gasteiger partial charge in [-0.25, -0.2) is 0 Å². The molecule has 0 N–H and O–H groups in total. The number of halogens is 1. The standard InChI is InChI=1S/C6H13ClS2/c1-8-5-6-9-4-2-3-7/h2-6H2,1H3. The van der Waals surface area contributed by atoms with Crippen molar-refractivity contribution >= 4 is 35.1 Å². The molecule has 0 bridgehead atoms. The minimum absolute atomic E-state index is 0.812. The Hall–Kier alpha value is 0.990. The molecule has 0 aromatic rings. The van der Waals surface area contributed by atoms with Crippen LogP contribution in [-0.4, -0.2) is 29.4 Å². The summed E-state index contributed by atoms with van der Waals surface area (Å²) in [5.41, 5.74) is 0. The molecule has 0 radical (unpaired) electrons. The van der Waals surface area contributed by atoms with Crippen LogP contribution in [0.1, 0.15) is 6.42 Å². The summed E-state index contributed by atoms with van der Waals surface area (Å²) in [6, 6.07) is 0. The molecule has 0 amide bonds. The Kier molecular flexibility index (Phi) is 9.98. The first-order chi connectivity index (χ1) is 4.41. The van der Waals surface area contributed by atoms with Crippen molar-refractivity contribution < 1.29 is 0 Å². The van der Waals surface area contributed by atoms with E-state index in [0.29, 0.717) is 0 Å². The lowest BCUT2D eigenvalue weighted by Gasteiger charge is -1.95. The monoisotopic (exact) mass is 184 g/mol. The van der Waals surface area contributed by atoms with Crippen molar-refractivity contribution in [2.75, 3.05) is 29.4 Å². The number of alkyl halides is 1. The third-order valence-electron chi connectivity index (χ3n) is 0.854. The fourth-order valence-electron chi connectivity index (χ4n) is 0.401. The van der Waals surface area contributed by atoms with Crippen LogP contribution >= 0.6 is 35.1 Å². The van der Waals surface area contributed by atoms with Gasteiger partial charge in [0.05, 0.1) is 0 Å². The van der Waals surface area contributed by atoms with Crippen molar-refractivity contribution in [3.05, 3.63) is 0 Å². The van der Waals surface area contributed by atoms with E-state index in [-0.39, 0.29) is 0 Å². The summed E-state index contributed by atoms with van der Waals surface area (Å²) in [7, 11) is 0. The van der Waals surface area contributed by atoms with E-state index >= 15 is 0 Å². The SMILES string of the molecule is CSCCSCCCCl. The molecular weight excluding hydrogens is 172 g/mol. The molecule has 0 aromatic carbocycles. The highest BCUT2D eigenvalue weighted by molar-refractivity contribution is 8.02. The Morgan fingerprint density at radius 2 is 2.00 bits per heavy atom. The molecule has 0 unspecified atom stereocenters. The third-order valence-corrected chi connectivity index (χ3v) is 3.06. The van der Waals surface area contributed by atoms with Gasteiger partial charge in [-0.3, -0.25) is 0 Å². The molecule has 56 valence electrons. The van der Waals surface area contributed by atoms with Crippen LogP contribution in [0.2, 0.25) is 0 Å². The van der Waals surface area contributed by atoms with Gasteiger partial charge in [-0.05, 0) is 18.4 Å². The van der Waals surface area contributed by atoms with Gasteiger partial charge in [0, 0.05) is 17.4 Å². The van der Waals surface area contributed by atoms with E-state index in [2.05, 4.69) is 6.26 Å². The number of rotatable bonds is 6. The zero-order chi connectivity index (χ0) is 6.95. The smallest absolute Gasteiger partial charge is 0.0231 e. The van der Waals surface area contributed by atoms with E-state index in [1.54, 1.807) is 0 Å². The lowest BCUT2D eigenvalue weighted by Crippen LogP contribution is -1.86. The summed E-state index contributed by atoms with van der Waals surface area (Å²) in [4.78, 5) is 0. The van der Waals surface area contributed by atoms with E-state index in [1.165, 1.54) is 17.3 Å². The van der Waals surface area contributed by atoms with Crippen LogP contribution in [0.5, 0.6) is 0 Å². The zero-order valence-corrected chi connectivity index (χ0v) is 8.12. The van der Waals surface area contributed by atoms with Gasteiger partial charge in [-0.2, -0.15) is 23.5 Å². The van der Waals surface area contributed by atoms with E-state index < -0.39 is 0 Å². The van der Waals surface area contributed by atoms with Crippen molar-refractivity contribution in [1.82, 2.24) is 0 Å². The lowest BCUT2D eigenvalue weighted by atomic mass is 10.6. The van der Waals surface area contributed by atoms with Crippen molar-refractivity contribution in [3.8, 4) is 0 Å². The Balaban J connectivity index is 2.60. The predicted molar refractivity (Wildman–Crippen MR) is 51.0 cm³/mol. The highest BCUT2D eigenvalue weighted by Crippen LogP contribution is 2.05. The second-order valence-corrected chi connectivity index (χ2v) is 4.24. The van der Waals surface area contributed by atoms with E-state index in [4.69, 9.17) is 11.6 Å². The molecule has 0 aliphatic heterocycles. The fourth-order valence-corrected chi connectivity index (χ4v) is 2.38. The maximum Gasteiger partial charge on any atom is 0.0231 e. The molecule has 9 heavy (non-hydrogen) atoms. The molecule has 0 atom stereocenters. The van der Waals surface area contributed by atoms with Crippen molar-refractivity contribution in [2.24, 2.45) is 0 Å². The maximum absolute atomic E-state index is 5.50. The predicted octanol–water partition coefficient (Wildman–Crippen LogP) is 2.71. The molecule has 0 saturated carbocycles. The molecule has 0 aromatic heterocycles.